The first-order chi connectivity index (χ1) is 9.18. The largest absolute Gasteiger partial charge is 0.382 e. The van der Waals surface area contributed by atoms with Crippen molar-refractivity contribution in [2.45, 2.75) is 6.92 Å². The number of hydrogen-bond acceptors (Lipinski definition) is 3. The van der Waals surface area contributed by atoms with E-state index in [1.807, 2.05) is 36.0 Å². The number of nitrogens with two attached hydrogens (primary N) is 1. The number of rotatable bonds is 2. The lowest BCUT2D eigenvalue weighted by molar-refractivity contribution is 0.914. The molecule has 5 heteroatoms. The Bertz CT molecular complexity index is 723. The van der Waals surface area contributed by atoms with E-state index in [2.05, 4.69) is 28.2 Å². The Balaban J connectivity index is 2.26. The van der Waals surface area contributed by atoms with Gasteiger partial charge in [-0.3, -0.25) is 5.10 Å². The number of nitrogen functional groups attached to an aromatic ring is 1. The summed E-state index contributed by atoms with van der Waals surface area (Å²) in [6.07, 6.45) is 3.65. The number of aryl methyl sites for hydroxylation is 2. The highest BCUT2D eigenvalue weighted by Crippen LogP contribution is 2.35. The van der Waals surface area contributed by atoms with Gasteiger partial charge in [0.25, 0.3) is 0 Å². The van der Waals surface area contributed by atoms with E-state index in [1.54, 1.807) is 6.20 Å². The molecule has 2 aromatic heterocycles. The summed E-state index contributed by atoms with van der Waals surface area (Å²) in [5.74, 6) is 1.31. The van der Waals surface area contributed by atoms with Crippen LogP contribution in [-0.2, 0) is 7.05 Å². The molecule has 19 heavy (non-hydrogen) atoms. The van der Waals surface area contributed by atoms with Crippen molar-refractivity contribution in [3.05, 3.63) is 42.2 Å². The zero-order valence-electron chi connectivity index (χ0n) is 10.9. The zero-order valence-corrected chi connectivity index (χ0v) is 10.9. The number of anilines is 1. The second-order valence-corrected chi connectivity index (χ2v) is 4.54. The first-order valence-corrected chi connectivity index (χ1v) is 6.06. The van der Waals surface area contributed by atoms with Crippen LogP contribution in [0.25, 0.3) is 22.6 Å². The fourth-order valence-corrected chi connectivity index (χ4v) is 2.25. The Hall–Kier alpha value is -2.56. The van der Waals surface area contributed by atoms with Crippen molar-refractivity contribution in [1.82, 2.24) is 19.7 Å². The average Bonchev–Trinajstić information content (AvgIpc) is 2.96. The van der Waals surface area contributed by atoms with E-state index in [0.717, 1.165) is 28.2 Å². The van der Waals surface area contributed by atoms with Gasteiger partial charge in [0, 0.05) is 19.4 Å². The topological polar surface area (TPSA) is 72.5 Å². The van der Waals surface area contributed by atoms with Crippen LogP contribution in [0.4, 0.5) is 5.82 Å². The van der Waals surface area contributed by atoms with Gasteiger partial charge in [-0.2, -0.15) is 5.10 Å². The van der Waals surface area contributed by atoms with Crippen LogP contribution in [0.1, 0.15) is 5.56 Å². The van der Waals surface area contributed by atoms with Crippen molar-refractivity contribution < 1.29 is 0 Å². The molecule has 0 aliphatic heterocycles. The summed E-state index contributed by atoms with van der Waals surface area (Å²) in [4.78, 5) is 4.35. The van der Waals surface area contributed by atoms with E-state index in [9.17, 15) is 0 Å². The molecule has 0 bridgehead atoms. The Labute approximate surface area is 111 Å². The number of nitrogens with zero attached hydrogens (tertiary/aromatic N) is 3. The van der Waals surface area contributed by atoms with Crippen LogP contribution >= 0.6 is 0 Å². The molecule has 3 aromatic rings. The summed E-state index contributed by atoms with van der Waals surface area (Å²) in [7, 11) is 1.95. The molecule has 3 rings (SSSR count). The molecule has 0 saturated carbocycles. The lowest BCUT2D eigenvalue weighted by Gasteiger charge is -2.07. The van der Waals surface area contributed by atoms with E-state index in [1.165, 1.54) is 0 Å². The molecule has 3 N–H and O–H groups in total. The number of nitrogens with one attached hydrogen (secondary N) is 1. The molecule has 0 aliphatic carbocycles. The summed E-state index contributed by atoms with van der Waals surface area (Å²) >= 11 is 0. The number of benzene rings is 1. The fourth-order valence-electron chi connectivity index (χ4n) is 2.25. The average molecular weight is 253 g/mol. The molecule has 0 radical (unpaired) electrons. The standard InChI is InChI=1S/C14H15N5/c1-9-5-3-4-6-10(9)11-12(17-18-13(11)15)14-16-7-8-19(14)2/h3-8H,1-2H3,(H3,15,17,18). The zero-order chi connectivity index (χ0) is 13.4. The highest BCUT2D eigenvalue weighted by Gasteiger charge is 2.18. The van der Waals surface area contributed by atoms with Crippen LogP contribution < -0.4 is 5.73 Å². The molecule has 0 unspecified atom stereocenters. The minimum absolute atomic E-state index is 0.493. The minimum Gasteiger partial charge on any atom is -0.382 e. The summed E-state index contributed by atoms with van der Waals surface area (Å²) < 4.78 is 1.94. The van der Waals surface area contributed by atoms with Gasteiger partial charge < -0.3 is 10.3 Å². The second kappa shape index (κ2) is 4.28. The van der Waals surface area contributed by atoms with Crippen molar-refractivity contribution in [2.75, 3.05) is 5.73 Å². The minimum atomic E-state index is 0.493. The van der Waals surface area contributed by atoms with Crippen LogP contribution in [0, 0.1) is 6.92 Å². The SMILES string of the molecule is Cc1ccccc1-c1c(N)n[nH]c1-c1nccn1C. The summed E-state index contributed by atoms with van der Waals surface area (Å²) in [5.41, 5.74) is 10.0. The first kappa shape index (κ1) is 11.5. The van der Waals surface area contributed by atoms with Crippen LogP contribution in [0.2, 0.25) is 0 Å². The highest BCUT2D eigenvalue weighted by atomic mass is 15.2. The first-order valence-electron chi connectivity index (χ1n) is 6.06. The molecule has 0 saturated heterocycles. The number of H-pyrrole nitrogens is 1. The van der Waals surface area contributed by atoms with Crippen molar-refractivity contribution in [3.63, 3.8) is 0 Å². The molecule has 2 heterocycles. The third kappa shape index (κ3) is 1.79. The lowest BCUT2D eigenvalue weighted by Crippen LogP contribution is -1.95. The maximum Gasteiger partial charge on any atom is 0.158 e. The van der Waals surface area contributed by atoms with Gasteiger partial charge in [0.15, 0.2) is 11.6 Å². The third-order valence-electron chi connectivity index (χ3n) is 3.25. The number of aromatic amines is 1. The molecular formula is C14H15N5. The van der Waals surface area contributed by atoms with Gasteiger partial charge in [0.05, 0.1) is 5.56 Å². The predicted molar refractivity (Wildman–Crippen MR) is 75.4 cm³/mol. The molecule has 0 fully saturated rings. The Morgan fingerprint density at radius 1 is 1.26 bits per heavy atom. The van der Waals surface area contributed by atoms with Gasteiger partial charge in [-0.15, -0.1) is 0 Å². The van der Waals surface area contributed by atoms with E-state index in [4.69, 9.17) is 5.73 Å². The molecule has 0 amide bonds. The monoisotopic (exact) mass is 253 g/mol. The predicted octanol–water partition coefficient (Wildman–Crippen LogP) is 2.37. The fraction of sp³-hybridized carbons (Fsp3) is 0.143. The number of aromatic nitrogens is 4. The maximum absolute atomic E-state index is 6.02. The van der Waals surface area contributed by atoms with Crippen molar-refractivity contribution in [1.29, 1.82) is 0 Å². The van der Waals surface area contributed by atoms with Gasteiger partial charge in [-0.25, -0.2) is 4.98 Å². The van der Waals surface area contributed by atoms with Crippen LogP contribution in [0.3, 0.4) is 0 Å². The molecule has 96 valence electrons. The van der Waals surface area contributed by atoms with E-state index in [0.29, 0.717) is 5.82 Å². The summed E-state index contributed by atoms with van der Waals surface area (Å²) in [6.45, 7) is 2.06. The van der Waals surface area contributed by atoms with Crippen molar-refractivity contribution in [3.8, 4) is 22.6 Å². The third-order valence-corrected chi connectivity index (χ3v) is 3.25. The highest BCUT2D eigenvalue weighted by molar-refractivity contribution is 5.87. The van der Waals surface area contributed by atoms with E-state index >= 15 is 0 Å². The Morgan fingerprint density at radius 3 is 2.74 bits per heavy atom. The summed E-state index contributed by atoms with van der Waals surface area (Å²) in [5, 5.41) is 7.12. The van der Waals surface area contributed by atoms with E-state index in [-0.39, 0.29) is 0 Å². The van der Waals surface area contributed by atoms with Gasteiger partial charge in [0.1, 0.15) is 5.69 Å². The van der Waals surface area contributed by atoms with Gasteiger partial charge in [-0.1, -0.05) is 24.3 Å². The Morgan fingerprint density at radius 2 is 2.05 bits per heavy atom. The van der Waals surface area contributed by atoms with Crippen LogP contribution in [0.5, 0.6) is 0 Å². The Kier molecular flexibility index (Phi) is 2.59. The normalized spacial score (nSPS) is 10.8. The number of hydrogen-bond donors (Lipinski definition) is 2. The smallest absolute Gasteiger partial charge is 0.158 e. The second-order valence-electron chi connectivity index (χ2n) is 4.54. The van der Waals surface area contributed by atoms with Gasteiger partial charge in [0.2, 0.25) is 0 Å². The van der Waals surface area contributed by atoms with Crippen molar-refractivity contribution >= 4 is 5.82 Å². The molecule has 5 nitrogen and oxygen atoms in total. The van der Waals surface area contributed by atoms with Crippen LogP contribution in [0.15, 0.2) is 36.7 Å². The molecule has 1 aromatic carbocycles. The van der Waals surface area contributed by atoms with E-state index < -0.39 is 0 Å². The summed E-state index contributed by atoms with van der Waals surface area (Å²) in [6, 6.07) is 8.11. The molecule has 0 atom stereocenters. The van der Waals surface area contributed by atoms with Gasteiger partial charge in [-0.05, 0) is 18.1 Å². The van der Waals surface area contributed by atoms with Crippen LogP contribution in [-0.4, -0.2) is 19.7 Å². The molecule has 0 aliphatic rings. The lowest BCUT2D eigenvalue weighted by atomic mass is 10.00. The molecule has 0 spiro atoms. The molecular weight excluding hydrogens is 238 g/mol. The van der Waals surface area contributed by atoms with Crippen molar-refractivity contribution in [2.24, 2.45) is 7.05 Å². The maximum atomic E-state index is 6.02. The number of imidazole rings is 1. The van der Waals surface area contributed by atoms with Gasteiger partial charge >= 0.3 is 0 Å². The quantitative estimate of drug-likeness (QED) is 0.736.